The maximum atomic E-state index is 13.5. The molecule has 27 heavy (non-hydrogen) atoms. The summed E-state index contributed by atoms with van der Waals surface area (Å²) in [5.74, 6) is -0.319. The zero-order chi connectivity index (χ0) is 19.0. The molecule has 2 heterocycles. The summed E-state index contributed by atoms with van der Waals surface area (Å²) in [6.45, 7) is 0.836. The number of carbonyl (C=O) groups is 2. The number of carbonyl (C=O) groups excluding carboxylic acids is 2. The Labute approximate surface area is 155 Å². The largest absolute Gasteiger partial charge is 0.447 e. The highest BCUT2D eigenvalue weighted by Crippen LogP contribution is 2.28. The molecule has 0 bridgehead atoms. The summed E-state index contributed by atoms with van der Waals surface area (Å²) in [7, 11) is 1.72. The molecule has 0 aliphatic carbocycles. The van der Waals surface area contributed by atoms with Crippen molar-refractivity contribution in [2.45, 2.75) is 6.04 Å². The molecule has 138 valence electrons. The van der Waals surface area contributed by atoms with Gasteiger partial charge in [0.25, 0.3) is 5.91 Å². The smallest absolute Gasteiger partial charge is 0.414 e. The minimum atomic E-state index is -0.656. The first kappa shape index (κ1) is 17.0. The van der Waals surface area contributed by atoms with E-state index in [9.17, 15) is 14.0 Å². The number of nitrogens with one attached hydrogen (secondary N) is 1. The third-order valence-electron chi connectivity index (χ3n) is 4.51. The van der Waals surface area contributed by atoms with E-state index in [4.69, 9.17) is 4.74 Å². The van der Waals surface area contributed by atoms with Gasteiger partial charge in [-0.15, -0.1) is 0 Å². The van der Waals surface area contributed by atoms with E-state index in [0.717, 1.165) is 0 Å². The molecule has 2 amide bonds. The van der Waals surface area contributed by atoms with Crippen molar-refractivity contribution in [3.05, 3.63) is 59.9 Å². The molecule has 2 fully saturated rings. The Morgan fingerprint density at radius 2 is 2.00 bits per heavy atom. The Morgan fingerprint density at radius 3 is 2.74 bits per heavy atom. The zero-order valence-electron chi connectivity index (χ0n) is 14.6. The van der Waals surface area contributed by atoms with E-state index in [1.165, 1.54) is 17.0 Å². The van der Waals surface area contributed by atoms with Gasteiger partial charge in [0.1, 0.15) is 18.5 Å². The van der Waals surface area contributed by atoms with Crippen molar-refractivity contribution in [1.29, 1.82) is 0 Å². The van der Waals surface area contributed by atoms with E-state index in [0.29, 0.717) is 36.0 Å². The summed E-state index contributed by atoms with van der Waals surface area (Å²) in [5, 5.41) is 2.73. The van der Waals surface area contributed by atoms with Gasteiger partial charge in [0.2, 0.25) is 5.96 Å². The summed E-state index contributed by atoms with van der Waals surface area (Å²) < 4.78 is 18.5. The van der Waals surface area contributed by atoms with Crippen molar-refractivity contribution in [3.63, 3.8) is 0 Å². The lowest BCUT2D eigenvalue weighted by Gasteiger charge is -2.19. The predicted molar refractivity (Wildman–Crippen MR) is 97.3 cm³/mol. The lowest BCUT2D eigenvalue weighted by molar-refractivity contribution is -0.121. The molecule has 0 spiro atoms. The van der Waals surface area contributed by atoms with E-state index in [1.807, 2.05) is 0 Å². The topological polar surface area (TPSA) is 74.2 Å². The number of cyclic esters (lactones) is 1. The van der Waals surface area contributed by atoms with Crippen LogP contribution in [0.3, 0.4) is 0 Å². The van der Waals surface area contributed by atoms with Crippen LogP contribution in [0.15, 0.2) is 53.5 Å². The number of aliphatic imine (C=N–C) groups is 1. The van der Waals surface area contributed by atoms with Crippen LogP contribution in [0.25, 0.3) is 0 Å². The Morgan fingerprint density at radius 1 is 1.19 bits per heavy atom. The molecule has 1 N–H and O–H groups in total. The van der Waals surface area contributed by atoms with Crippen LogP contribution in [0, 0.1) is 5.82 Å². The third kappa shape index (κ3) is 3.21. The average molecular weight is 368 g/mol. The highest BCUT2D eigenvalue weighted by molar-refractivity contribution is 6.07. The maximum absolute atomic E-state index is 13.5. The zero-order valence-corrected chi connectivity index (χ0v) is 14.6. The molecule has 4 rings (SSSR count). The molecule has 2 aromatic carbocycles. The minimum Gasteiger partial charge on any atom is -0.447 e. The minimum absolute atomic E-state index is 0.277. The van der Waals surface area contributed by atoms with Crippen LogP contribution >= 0.6 is 0 Å². The van der Waals surface area contributed by atoms with E-state index >= 15 is 0 Å². The van der Waals surface area contributed by atoms with Gasteiger partial charge in [0.15, 0.2) is 0 Å². The molecule has 7 nitrogen and oxygen atoms in total. The number of nitrogens with zero attached hydrogens (tertiary/aromatic N) is 3. The number of likely N-dealkylation sites (N-methyl/N-ethyl adjacent to an activating group) is 1. The fraction of sp³-hybridized carbons (Fsp3) is 0.211. The summed E-state index contributed by atoms with van der Waals surface area (Å²) in [6, 6.07) is 12.4. The van der Waals surface area contributed by atoms with Gasteiger partial charge in [-0.2, -0.15) is 0 Å². The lowest BCUT2D eigenvalue weighted by Crippen LogP contribution is -2.27. The van der Waals surface area contributed by atoms with Gasteiger partial charge in [0, 0.05) is 12.7 Å². The fourth-order valence-corrected chi connectivity index (χ4v) is 3.20. The molecular weight excluding hydrogens is 351 g/mol. The van der Waals surface area contributed by atoms with Crippen LogP contribution in [0.1, 0.15) is 11.6 Å². The van der Waals surface area contributed by atoms with Crippen molar-refractivity contribution >= 4 is 29.3 Å². The maximum Gasteiger partial charge on any atom is 0.414 e. The van der Waals surface area contributed by atoms with Crippen molar-refractivity contribution in [3.8, 4) is 0 Å². The predicted octanol–water partition coefficient (Wildman–Crippen LogP) is 2.57. The van der Waals surface area contributed by atoms with Crippen LogP contribution in [0.2, 0.25) is 0 Å². The molecule has 0 radical (unpaired) electrons. The number of rotatable bonds is 3. The lowest BCUT2D eigenvalue weighted by atomic mass is 10.1. The van der Waals surface area contributed by atoms with Crippen LogP contribution in [0.5, 0.6) is 0 Å². The molecule has 0 unspecified atom stereocenters. The van der Waals surface area contributed by atoms with E-state index < -0.39 is 18.0 Å². The number of benzene rings is 2. The molecule has 1 atom stereocenters. The van der Waals surface area contributed by atoms with Crippen molar-refractivity contribution < 1.29 is 18.7 Å². The molecule has 2 aliphatic rings. The Hall–Kier alpha value is -3.42. The standard InChI is InChI=1S/C19H17FN4O3/c1-23-16(12-4-2-5-13(20)10-12)17(25)22-18(23)21-14-6-3-7-15(11-14)24-8-9-27-19(24)26/h2-7,10-11,16H,8-9H2,1H3,(H,21,22,25)/t16-/m1/s1. The second-order valence-electron chi connectivity index (χ2n) is 6.28. The molecule has 2 aliphatic heterocycles. The summed E-state index contributed by atoms with van der Waals surface area (Å²) in [6.07, 6.45) is -0.391. The Bertz CT molecular complexity index is 946. The number of halogens is 1. The molecule has 0 saturated carbocycles. The number of amides is 2. The normalized spacial score (nSPS) is 21.0. The first-order valence-electron chi connectivity index (χ1n) is 8.45. The number of hydrogen-bond acceptors (Lipinski definition) is 4. The van der Waals surface area contributed by atoms with Gasteiger partial charge in [-0.1, -0.05) is 18.2 Å². The van der Waals surface area contributed by atoms with Gasteiger partial charge in [-0.25, -0.2) is 14.2 Å². The van der Waals surface area contributed by atoms with Crippen LogP contribution in [0.4, 0.5) is 20.6 Å². The van der Waals surface area contributed by atoms with Crippen LogP contribution < -0.4 is 10.2 Å². The fourth-order valence-electron chi connectivity index (χ4n) is 3.20. The molecular formula is C19H17FN4O3. The number of guanidine groups is 1. The summed E-state index contributed by atoms with van der Waals surface area (Å²) >= 11 is 0. The Balaban J connectivity index is 1.61. The molecule has 2 saturated heterocycles. The quantitative estimate of drug-likeness (QED) is 0.904. The highest BCUT2D eigenvalue weighted by Gasteiger charge is 2.35. The van der Waals surface area contributed by atoms with Crippen molar-refractivity contribution in [2.75, 3.05) is 25.1 Å². The number of ether oxygens (including phenoxy) is 1. The average Bonchev–Trinajstić information content (AvgIpc) is 3.18. The summed E-state index contributed by atoms with van der Waals surface area (Å²) in [5.41, 5.74) is 1.80. The molecule has 2 aromatic rings. The van der Waals surface area contributed by atoms with Gasteiger partial charge >= 0.3 is 6.09 Å². The number of anilines is 1. The second-order valence-corrected chi connectivity index (χ2v) is 6.28. The van der Waals surface area contributed by atoms with Gasteiger partial charge in [-0.05, 0) is 35.9 Å². The van der Waals surface area contributed by atoms with Gasteiger partial charge in [0.05, 0.1) is 12.2 Å². The first-order valence-corrected chi connectivity index (χ1v) is 8.45. The monoisotopic (exact) mass is 368 g/mol. The van der Waals surface area contributed by atoms with Crippen LogP contribution in [-0.2, 0) is 9.53 Å². The van der Waals surface area contributed by atoms with Crippen LogP contribution in [-0.4, -0.2) is 43.1 Å². The Kier molecular flexibility index (Phi) is 4.23. The SMILES string of the molecule is CN1C(=Nc2cccc(N3CCOC3=O)c2)NC(=O)[C@H]1c1cccc(F)c1. The first-order chi connectivity index (χ1) is 13.0. The highest BCUT2D eigenvalue weighted by atomic mass is 19.1. The van der Waals surface area contributed by atoms with E-state index in [2.05, 4.69) is 10.3 Å². The summed E-state index contributed by atoms with van der Waals surface area (Å²) in [4.78, 5) is 31.8. The second kappa shape index (κ2) is 6.71. The van der Waals surface area contributed by atoms with Crippen molar-refractivity contribution in [2.24, 2.45) is 4.99 Å². The third-order valence-corrected chi connectivity index (χ3v) is 4.51. The number of hydrogen-bond donors (Lipinski definition) is 1. The van der Waals surface area contributed by atoms with Gasteiger partial charge in [-0.3, -0.25) is 15.0 Å². The molecule has 0 aromatic heterocycles. The van der Waals surface area contributed by atoms with Crippen molar-refractivity contribution in [1.82, 2.24) is 10.2 Å². The molecule has 8 heteroatoms. The van der Waals surface area contributed by atoms with Gasteiger partial charge < -0.3 is 9.64 Å². The van der Waals surface area contributed by atoms with E-state index in [-0.39, 0.29) is 5.91 Å². The van der Waals surface area contributed by atoms with E-state index in [1.54, 1.807) is 48.3 Å².